The van der Waals surface area contributed by atoms with Crippen LogP contribution in [-0.2, 0) is 0 Å². The predicted octanol–water partition coefficient (Wildman–Crippen LogP) is 2.60. The van der Waals surface area contributed by atoms with Crippen molar-refractivity contribution < 1.29 is 0 Å². The normalized spacial score (nSPS) is 26.6. The quantitative estimate of drug-likeness (QED) is 0.810. The number of hydrogen-bond donors (Lipinski definition) is 2. The molecule has 110 valence electrons. The molecule has 1 aromatic rings. The molecule has 3 rings (SSSR count). The summed E-state index contributed by atoms with van der Waals surface area (Å²) in [7, 11) is 0. The summed E-state index contributed by atoms with van der Waals surface area (Å²) in [5.74, 6) is 0. The van der Waals surface area contributed by atoms with Crippen LogP contribution in [0.5, 0.6) is 0 Å². The van der Waals surface area contributed by atoms with Gasteiger partial charge in [-0.15, -0.1) is 0 Å². The molecule has 1 saturated heterocycles. The molecule has 2 aliphatic rings. The summed E-state index contributed by atoms with van der Waals surface area (Å²) in [6, 6.07) is 9.30. The average Bonchev–Trinajstić information content (AvgIpc) is 2.82. The molecule has 1 aliphatic heterocycles. The highest BCUT2D eigenvalue weighted by Crippen LogP contribution is 2.36. The predicted molar refractivity (Wildman–Crippen MR) is 83.6 cm³/mol. The maximum absolute atomic E-state index is 6.21. The van der Waals surface area contributed by atoms with Crippen LogP contribution in [0.1, 0.15) is 55.3 Å². The summed E-state index contributed by atoms with van der Waals surface area (Å²) >= 11 is 0. The van der Waals surface area contributed by atoms with E-state index < -0.39 is 0 Å². The van der Waals surface area contributed by atoms with Gasteiger partial charge in [-0.1, -0.05) is 30.7 Å². The molecule has 3 heteroatoms. The number of benzene rings is 1. The van der Waals surface area contributed by atoms with Crippen LogP contribution in [0.4, 0.5) is 0 Å². The van der Waals surface area contributed by atoms with E-state index in [1.54, 1.807) is 0 Å². The standard InChI is InChI=1S/C17H27N3/c18-16-13-17(15-8-3-2-7-14(15)16)19-9-6-12-20-10-4-1-5-11-20/h2-3,7-8,16-17,19H,1,4-6,9-13,18H2. The van der Waals surface area contributed by atoms with Gasteiger partial charge in [-0.25, -0.2) is 0 Å². The topological polar surface area (TPSA) is 41.3 Å². The number of likely N-dealkylation sites (tertiary alicyclic amines) is 1. The Balaban J connectivity index is 1.43. The third-order valence-corrected chi connectivity index (χ3v) is 4.75. The number of hydrogen-bond acceptors (Lipinski definition) is 3. The van der Waals surface area contributed by atoms with Crippen molar-refractivity contribution in [2.75, 3.05) is 26.2 Å². The Labute approximate surface area is 122 Å². The Morgan fingerprint density at radius 1 is 1.10 bits per heavy atom. The lowest BCUT2D eigenvalue weighted by atomic mass is 10.1. The van der Waals surface area contributed by atoms with Gasteiger partial charge in [0.25, 0.3) is 0 Å². The SMILES string of the molecule is NC1CC(NCCCN2CCCCC2)c2ccccc21. The molecule has 0 saturated carbocycles. The Morgan fingerprint density at radius 2 is 1.85 bits per heavy atom. The van der Waals surface area contributed by atoms with Crippen molar-refractivity contribution in [1.82, 2.24) is 10.2 Å². The van der Waals surface area contributed by atoms with Crippen LogP contribution in [0.15, 0.2) is 24.3 Å². The molecular formula is C17H27N3. The molecule has 0 amide bonds. The third-order valence-electron chi connectivity index (χ3n) is 4.75. The van der Waals surface area contributed by atoms with Crippen molar-refractivity contribution >= 4 is 0 Å². The van der Waals surface area contributed by atoms with Crippen molar-refractivity contribution in [3.63, 3.8) is 0 Å². The molecule has 0 bridgehead atoms. The molecule has 2 atom stereocenters. The lowest BCUT2D eigenvalue weighted by Crippen LogP contribution is -2.32. The number of nitrogens with one attached hydrogen (secondary N) is 1. The molecule has 20 heavy (non-hydrogen) atoms. The average molecular weight is 273 g/mol. The van der Waals surface area contributed by atoms with Crippen molar-refractivity contribution in [2.45, 2.75) is 44.2 Å². The summed E-state index contributed by atoms with van der Waals surface area (Å²) in [5, 5.41) is 3.70. The van der Waals surface area contributed by atoms with E-state index in [0.717, 1.165) is 13.0 Å². The van der Waals surface area contributed by atoms with Crippen LogP contribution in [0.2, 0.25) is 0 Å². The van der Waals surface area contributed by atoms with E-state index in [9.17, 15) is 0 Å². The number of nitrogens with two attached hydrogens (primary N) is 1. The molecule has 1 aromatic carbocycles. The van der Waals surface area contributed by atoms with E-state index in [1.807, 2.05) is 0 Å². The summed E-state index contributed by atoms with van der Waals surface area (Å²) in [4.78, 5) is 2.61. The minimum absolute atomic E-state index is 0.214. The molecule has 1 fully saturated rings. The number of rotatable bonds is 5. The Bertz CT molecular complexity index is 426. The van der Waals surface area contributed by atoms with Gasteiger partial charge in [0.15, 0.2) is 0 Å². The zero-order valence-corrected chi connectivity index (χ0v) is 12.4. The Hall–Kier alpha value is -0.900. The fourth-order valence-corrected chi connectivity index (χ4v) is 3.63. The highest BCUT2D eigenvalue weighted by molar-refractivity contribution is 5.37. The Morgan fingerprint density at radius 3 is 2.65 bits per heavy atom. The maximum Gasteiger partial charge on any atom is 0.0341 e. The summed E-state index contributed by atoms with van der Waals surface area (Å²) < 4.78 is 0. The van der Waals surface area contributed by atoms with E-state index in [0.29, 0.717) is 6.04 Å². The number of piperidine rings is 1. The molecule has 3 nitrogen and oxygen atoms in total. The third kappa shape index (κ3) is 3.22. The van der Waals surface area contributed by atoms with Gasteiger partial charge in [-0.3, -0.25) is 0 Å². The minimum atomic E-state index is 0.214. The van der Waals surface area contributed by atoms with E-state index in [2.05, 4.69) is 34.5 Å². The van der Waals surface area contributed by atoms with E-state index >= 15 is 0 Å². The first-order valence-electron chi connectivity index (χ1n) is 8.15. The van der Waals surface area contributed by atoms with Crippen molar-refractivity contribution in [2.24, 2.45) is 5.73 Å². The first-order chi connectivity index (χ1) is 9.84. The molecule has 0 aromatic heterocycles. The van der Waals surface area contributed by atoms with Crippen LogP contribution in [0.3, 0.4) is 0 Å². The zero-order chi connectivity index (χ0) is 13.8. The van der Waals surface area contributed by atoms with Crippen LogP contribution >= 0.6 is 0 Å². The van der Waals surface area contributed by atoms with Gasteiger partial charge in [0, 0.05) is 12.1 Å². The first kappa shape index (κ1) is 14.1. The Kier molecular flexibility index (Phi) is 4.71. The lowest BCUT2D eigenvalue weighted by Gasteiger charge is -2.26. The van der Waals surface area contributed by atoms with Gasteiger partial charge in [0.1, 0.15) is 0 Å². The fourth-order valence-electron chi connectivity index (χ4n) is 3.63. The molecular weight excluding hydrogens is 246 g/mol. The summed E-state index contributed by atoms with van der Waals surface area (Å²) in [5.41, 5.74) is 8.96. The summed E-state index contributed by atoms with van der Waals surface area (Å²) in [6.07, 6.45) is 6.49. The van der Waals surface area contributed by atoms with E-state index in [4.69, 9.17) is 5.73 Å². The van der Waals surface area contributed by atoms with Gasteiger partial charge in [-0.05, 0) is 63.0 Å². The van der Waals surface area contributed by atoms with Crippen LogP contribution in [-0.4, -0.2) is 31.1 Å². The molecule has 2 unspecified atom stereocenters. The highest BCUT2D eigenvalue weighted by atomic mass is 15.1. The van der Waals surface area contributed by atoms with Gasteiger partial charge in [0.05, 0.1) is 0 Å². The first-order valence-corrected chi connectivity index (χ1v) is 8.15. The minimum Gasteiger partial charge on any atom is -0.324 e. The van der Waals surface area contributed by atoms with Crippen LogP contribution in [0.25, 0.3) is 0 Å². The monoisotopic (exact) mass is 273 g/mol. The van der Waals surface area contributed by atoms with Crippen LogP contribution in [0, 0.1) is 0 Å². The second-order valence-electron chi connectivity index (χ2n) is 6.23. The maximum atomic E-state index is 6.21. The summed E-state index contributed by atoms with van der Waals surface area (Å²) in [6.45, 7) is 4.95. The van der Waals surface area contributed by atoms with Gasteiger partial charge < -0.3 is 16.0 Å². The fraction of sp³-hybridized carbons (Fsp3) is 0.647. The van der Waals surface area contributed by atoms with Crippen molar-refractivity contribution in [3.05, 3.63) is 35.4 Å². The smallest absolute Gasteiger partial charge is 0.0341 e. The molecule has 0 radical (unpaired) electrons. The molecule has 0 spiro atoms. The lowest BCUT2D eigenvalue weighted by molar-refractivity contribution is 0.224. The van der Waals surface area contributed by atoms with Crippen molar-refractivity contribution in [1.29, 1.82) is 0 Å². The highest BCUT2D eigenvalue weighted by Gasteiger charge is 2.27. The van der Waals surface area contributed by atoms with Crippen LogP contribution < -0.4 is 11.1 Å². The molecule has 1 heterocycles. The second-order valence-corrected chi connectivity index (χ2v) is 6.23. The number of nitrogens with zero attached hydrogens (tertiary/aromatic N) is 1. The van der Waals surface area contributed by atoms with Gasteiger partial charge in [-0.2, -0.15) is 0 Å². The van der Waals surface area contributed by atoms with Gasteiger partial charge >= 0.3 is 0 Å². The molecule has 3 N–H and O–H groups in total. The second kappa shape index (κ2) is 6.70. The van der Waals surface area contributed by atoms with Crippen molar-refractivity contribution in [3.8, 4) is 0 Å². The van der Waals surface area contributed by atoms with Gasteiger partial charge in [0.2, 0.25) is 0 Å². The van der Waals surface area contributed by atoms with E-state index in [1.165, 1.54) is 56.4 Å². The van der Waals surface area contributed by atoms with E-state index in [-0.39, 0.29) is 6.04 Å². The zero-order valence-electron chi connectivity index (χ0n) is 12.4. The largest absolute Gasteiger partial charge is 0.324 e. The number of fused-ring (bicyclic) bond motifs is 1. The molecule has 1 aliphatic carbocycles.